The van der Waals surface area contributed by atoms with Crippen molar-refractivity contribution in [3.8, 4) is 29.2 Å². The number of ether oxygens (including phenoxy) is 2. The summed E-state index contributed by atoms with van der Waals surface area (Å²) in [6.07, 6.45) is -0.183. The third-order valence-corrected chi connectivity index (χ3v) is 2.76. The summed E-state index contributed by atoms with van der Waals surface area (Å²) in [5.41, 5.74) is 1.34. The second-order valence-electron chi connectivity index (χ2n) is 4.24. The SMILES string of the molecule is COc1cc(OC)nc(-c2ccc(NC(=O)CC#N)cc2)n1. The van der Waals surface area contributed by atoms with Gasteiger partial charge in [0.05, 0.1) is 26.4 Å². The molecule has 0 aliphatic carbocycles. The first-order valence-corrected chi connectivity index (χ1v) is 6.40. The maximum absolute atomic E-state index is 11.3. The number of nitrogens with one attached hydrogen (secondary N) is 1. The average Bonchev–Trinajstić information content (AvgIpc) is 2.55. The standard InChI is InChI=1S/C15H14N4O3/c1-21-13-9-14(22-2)19-15(18-13)10-3-5-11(6-4-10)17-12(20)7-8-16/h3-6,9H,7H2,1-2H3,(H,17,20). The highest BCUT2D eigenvalue weighted by atomic mass is 16.5. The highest BCUT2D eigenvalue weighted by molar-refractivity contribution is 5.92. The number of nitrogens with zero attached hydrogens (tertiary/aromatic N) is 3. The molecular formula is C15H14N4O3. The molecule has 1 aromatic carbocycles. The number of rotatable bonds is 5. The van der Waals surface area contributed by atoms with E-state index in [2.05, 4.69) is 15.3 Å². The number of amides is 1. The molecule has 0 aliphatic heterocycles. The van der Waals surface area contributed by atoms with Crippen LogP contribution in [0.25, 0.3) is 11.4 Å². The van der Waals surface area contributed by atoms with Gasteiger partial charge in [-0.25, -0.2) is 0 Å². The Morgan fingerprint density at radius 2 is 1.77 bits per heavy atom. The van der Waals surface area contributed by atoms with Crippen molar-refractivity contribution in [2.24, 2.45) is 0 Å². The van der Waals surface area contributed by atoms with Crippen molar-refractivity contribution in [2.45, 2.75) is 6.42 Å². The van der Waals surface area contributed by atoms with Crippen LogP contribution in [-0.2, 0) is 4.79 Å². The van der Waals surface area contributed by atoms with Crippen molar-refractivity contribution in [2.75, 3.05) is 19.5 Å². The van der Waals surface area contributed by atoms with E-state index in [-0.39, 0.29) is 12.3 Å². The number of benzene rings is 1. The normalized spacial score (nSPS) is 9.68. The molecule has 0 saturated carbocycles. The largest absolute Gasteiger partial charge is 0.481 e. The van der Waals surface area contributed by atoms with Crippen LogP contribution in [0.15, 0.2) is 30.3 Å². The third kappa shape index (κ3) is 3.70. The number of nitriles is 1. The molecule has 0 saturated heterocycles. The molecule has 1 heterocycles. The molecule has 7 heteroatoms. The van der Waals surface area contributed by atoms with Crippen LogP contribution in [0.1, 0.15) is 6.42 Å². The lowest BCUT2D eigenvalue weighted by Crippen LogP contribution is -2.09. The summed E-state index contributed by atoms with van der Waals surface area (Å²) in [7, 11) is 3.03. The molecule has 0 bridgehead atoms. The quantitative estimate of drug-likeness (QED) is 0.906. The van der Waals surface area contributed by atoms with Crippen LogP contribution in [0.5, 0.6) is 11.8 Å². The average molecular weight is 298 g/mol. The first-order chi connectivity index (χ1) is 10.7. The van der Waals surface area contributed by atoms with Gasteiger partial charge in [0.2, 0.25) is 17.7 Å². The third-order valence-electron chi connectivity index (χ3n) is 2.76. The number of methoxy groups -OCH3 is 2. The van der Waals surface area contributed by atoms with Gasteiger partial charge >= 0.3 is 0 Å². The monoisotopic (exact) mass is 298 g/mol. The summed E-state index contributed by atoms with van der Waals surface area (Å²) < 4.78 is 10.2. The van der Waals surface area contributed by atoms with E-state index in [4.69, 9.17) is 14.7 Å². The zero-order valence-corrected chi connectivity index (χ0v) is 12.2. The zero-order chi connectivity index (χ0) is 15.9. The van der Waals surface area contributed by atoms with Crippen molar-refractivity contribution < 1.29 is 14.3 Å². The van der Waals surface area contributed by atoms with Crippen LogP contribution in [0.4, 0.5) is 5.69 Å². The van der Waals surface area contributed by atoms with E-state index in [1.165, 1.54) is 14.2 Å². The fourth-order valence-corrected chi connectivity index (χ4v) is 1.72. The number of anilines is 1. The Kier molecular flexibility index (Phi) is 4.88. The summed E-state index contributed by atoms with van der Waals surface area (Å²) in [6, 6.07) is 10.3. The minimum Gasteiger partial charge on any atom is -0.481 e. The Morgan fingerprint density at radius 3 is 2.27 bits per heavy atom. The fourth-order valence-electron chi connectivity index (χ4n) is 1.72. The van der Waals surface area contributed by atoms with Gasteiger partial charge in [0.25, 0.3) is 0 Å². The lowest BCUT2D eigenvalue weighted by molar-refractivity contribution is -0.115. The lowest BCUT2D eigenvalue weighted by Gasteiger charge is -2.07. The van der Waals surface area contributed by atoms with Gasteiger partial charge in [0.15, 0.2) is 5.82 Å². The molecule has 0 spiro atoms. The van der Waals surface area contributed by atoms with E-state index in [0.29, 0.717) is 23.3 Å². The van der Waals surface area contributed by atoms with Crippen LogP contribution in [0.3, 0.4) is 0 Å². The molecule has 1 N–H and O–H groups in total. The van der Waals surface area contributed by atoms with Crippen molar-refractivity contribution in [3.05, 3.63) is 30.3 Å². The minimum atomic E-state index is -0.352. The molecule has 0 radical (unpaired) electrons. The summed E-state index contributed by atoms with van der Waals surface area (Å²) >= 11 is 0. The lowest BCUT2D eigenvalue weighted by atomic mass is 10.2. The topological polar surface area (TPSA) is 97.1 Å². The number of carbonyl (C=O) groups is 1. The predicted molar refractivity (Wildman–Crippen MR) is 79.4 cm³/mol. The van der Waals surface area contributed by atoms with E-state index < -0.39 is 0 Å². The molecule has 2 rings (SSSR count). The first-order valence-electron chi connectivity index (χ1n) is 6.40. The first kappa shape index (κ1) is 15.3. The maximum atomic E-state index is 11.3. The Morgan fingerprint density at radius 1 is 1.18 bits per heavy atom. The Labute approximate surface area is 127 Å². The molecule has 1 aromatic heterocycles. The van der Waals surface area contributed by atoms with Gasteiger partial charge in [-0.1, -0.05) is 0 Å². The van der Waals surface area contributed by atoms with Crippen molar-refractivity contribution in [3.63, 3.8) is 0 Å². The Balaban J connectivity index is 2.23. The molecule has 7 nitrogen and oxygen atoms in total. The number of carbonyl (C=O) groups excluding carboxylic acids is 1. The highest BCUT2D eigenvalue weighted by Crippen LogP contribution is 2.23. The van der Waals surface area contributed by atoms with Crippen LogP contribution >= 0.6 is 0 Å². The fraction of sp³-hybridized carbons (Fsp3) is 0.200. The van der Waals surface area contributed by atoms with Crippen LogP contribution < -0.4 is 14.8 Å². The van der Waals surface area contributed by atoms with E-state index in [1.54, 1.807) is 36.4 Å². The molecule has 112 valence electrons. The van der Waals surface area contributed by atoms with Crippen LogP contribution in [0, 0.1) is 11.3 Å². The van der Waals surface area contributed by atoms with E-state index in [1.807, 2.05) is 0 Å². The van der Waals surface area contributed by atoms with Crippen LogP contribution in [0.2, 0.25) is 0 Å². The van der Waals surface area contributed by atoms with Gasteiger partial charge < -0.3 is 14.8 Å². The molecular weight excluding hydrogens is 284 g/mol. The molecule has 0 unspecified atom stereocenters. The summed E-state index contributed by atoms with van der Waals surface area (Å²) in [6.45, 7) is 0. The van der Waals surface area contributed by atoms with Gasteiger partial charge in [0, 0.05) is 11.3 Å². The molecule has 0 atom stereocenters. The van der Waals surface area contributed by atoms with Gasteiger partial charge in [-0.15, -0.1) is 0 Å². The maximum Gasteiger partial charge on any atom is 0.238 e. The highest BCUT2D eigenvalue weighted by Gasteiger charge is 2.08. The van der Waals surface area contributed by atoms with Gasteiger partial charge in [-0.05, 0) is 24.3 Å². The van der Waals surface area contributed by atoms with Gasteiger partial charge in [-0.3, -0.25) is 4.79 Å². The number of hydrogen-bond acceptors (Lipinski definition) is 6. The zero-order valence-electron chi connectivity index (χ0n) is 12.2. The van der Waals surface area contributed by atoms with Crippen molar-refractivity contribution in [1.82, 2.24) is 9.97 Å². The molecule has 0 fully saturated rings. The van der Waals surface area contributed by atoms with E-state index in [9.17, 15) is 4.79 Å². The second kappa shape index (κ2) is 7.04. The van der Waals surface area contributed by atoms with Crippen LogP contribution in [-0.4, -0.2) is 30.1 Å². The van der Waals surface area contributed by atoms with Crippen molar-refractivity contribution in [1.29, 1.82) is 5.26 Å². The van der Waals surface area contributed by atoms with Gasteiger partial charge in [-0.2, -0.15) is 15.2 Å². The Hall–Kier alpha value is -3.14. The molecule has 2 aromatic rings. The predicted octanol–water partition coefficient (Wildman–Crippen LogP) is 2.01. The smallest absolute Gasteiger partial charge is 0.238 e. The summed E-state index contributed by atoms with van der Waals surface area (Å²) in [5.74, 6) is 0.891. The van der Waals surface area contributed by atoms with E-state index >= 15 is 0 Å². The number of aromatic nitrogens is 2. The van der Waals surface area contributed by atoms with Gasteiger partial charge in [0.1, 0.15) is 6.42 Å². The summed E-state index contributed by atoms with van der Waals surface area (Å²) in [4.78, 5) is 19.8. The van der Waals surface area contributed by atoms with Crippen molar-refractivity contribution >= 4 is 11.6 Å². The minimum absolute atomic E-state index is 0.183. The van der Waals surface area contributed by atoms with E-state index in [0.717, 1.165) is 5.56 Å². The molecule has 22 heavy (non-hydrogen) atoms. The molecule has 0 aliphatic rings. The second-order valence-corrected chi connectivity index (χ2v) is 4.24. The summed E-state index contributed by atoms with van der Waals surface area (Å²) in [5, 5.41) is 11.1. The number of hydrogen-bond donors (Lipinski definition) is 1. The molecule has 1 amide bonds. The Bertz CT molecular complexity index is 685.